The number of nitrogens with one attached hydrogen (secondary N) is 1. The zero-order chi connectivity index (χ0) is 22.6. The summed E-state index contributed by atoms with van der Waals surface area (Å²) >= 11 is 5.64. The Morgan fingerprint density at radius 3 is 2.27 bits per heavy atom. The summed E-state index contributed by atoms with van der Waals surface area (Å²) in [5.74, 6) is 0.337. The van der Waals surface area contributed by atoms with Crippen LogP contribution in [0.5, 0.6) is 0 Å². The zero-order valence-electron chi connectivity index (χ0n) is 17.0. The fraction of sp³-hybridized carbons (Fsp3) is 0.474. The van der Waals surface area contributed by atoms with Crippen molar-refractivity contribution in [3.63, 3.8) is 0 Å². The van der Waals surface area contributed by atoms with Gasteiger partial charge in [-0.25, -0.2) is 9.97 Å². The van der Waals surface area contributed by atoms with Gasteiger partial charge in [0, 0.05) is 18.8 Å². The lowest BCUT2D eigenvalue weighted by Crippen LogP contribution is -2.32. The first kappa shape index (κ1) is 23.7. The van der Waals surface area contributed by atoms with E-state index in [4.69, 9.17) is 11.6 Å². The number of anilines is 3. The maximum absolute atomic E-state index is 13.1. The average molecular weight is 446 g/mol. The highest BCUT2D eigenvalue weighted by molar-refractivity contribution is 6.31. The largest absolute Gasteiger partial charge is 0.417 e. The summed E-state index contributed by atoms with van der Waals surface area (Å²) in [6.07, 6.45) is -3.51. The first-order valence-corrected chi connectivity index (χ1v) is 9.66. The van der Waals surface area contributed by atoms with Crippen molar-refractivity contribution in [2.24, 2.45) is 11.8 Å². The van der Waals surface area contributed by atoms with E-state index in [0.29, 0.717) is 13.1 Å². The third-order valence-electron chi connectivity index (χ3n) is 3.99. The maximum Gasteiger partial charge on any atom is 0.417 e. The number of hydrogen-bond donors (Lipinski definition) is 1. The quantitative estimate of drug-likeness (QED) is 0.401. The summed E-state index contributed by atoms with van der Waals surface area (Å²) in [4.78, 5) is 21.0. The molecule has 0 aliphatic rings. The van der Waals surface area contributed by atoms with E-state index in [-0.39, 0.29) is 29.2 Å². The van der Waals surface area contributed by atoms with Crippen molar-refractivity contribution in [3.05, 3.63) is 45.2 Å². The molecule has 1 heterocycles. The molecule has 11 heteroatoms. The normalized spacial score (nSPS) is 11.8. The van der Waals surface area contributed by atoms with Gasteiger partial charge in [0.05, 0.1) is 15.5 Å². The minimum absolute atomic E-state index is 0.0289. The molecule has 0 aliphatic heterocycles. The second kappa shape index (κ2) is 9.46. The fourth-order valence-corrected chi connectivity index (χ4v) is 3.17. The second-order valence-corrected chi connectivity index (χ2v) is 8.07. The Labute approximate surface area is 177 Å². The molecule has 0 unspecified atom stereocenters. The van der Waals surface area contributed by atoms with E-state index in [2.05, 4.69) is 15.3 Å². The van der Waals surface area contributed by atoms with Gasteiger partial charge in [0.25, 0.3) is 0 Å². The van der Waals surface area contributed by atoms with Crippen molar-refractivity contribution in [2.75, 3.05) is 23.3 Å². The molecule has 0 aliphatic carbocycles. The Morgan fingerprint density at radius 2 is 1.77 bits per heavy atom. The molecule has 0 atom stereocenters. The molecular formula is C19H23ClF3N5O2. The van der Waals surface area contributed by atoms with Gasteiger partial charge in [-0.3, -0.25) is 10.1 Å². The van der Waals surface area contributed by atoms with Gasteiger partial charge in [-0.1, -0.05) is 39.3 Å². The van der Waals surface area contributed by atoms with E-state index in [9.17, 15) is 23.3 Å². The molecule has 0 fully saturated rings. The predicted octanol–water partition coefficient (Wildman–Crippen LogP) is 5.92. The van der Waals surface area contributed by atoms with Crippen LogP contribution in [0.25, 0.3) is 0 Å². The molecule has 164 valence electrons. The van der Waals surface area contributed by atoms with E-state index in [0.717, 1.165) is 18.5 Å². The number of hydrogen-bond acceptors (Lipinski definition) is 6. The Morgan fingerprint density at radius 1 is 1.17 bits per heavy atom. The lowest BCUT2D eigenvalue weighted by molar-refractivity contribution is -0.383. The van der Waals surface area contributed by atoms with Crippen LogP contribution in [0, 0.1) is 22.0 Å². The van der Waals surface area contributed by atoms with Crippen molar-refractivity contribution in [3.8, 4) is 0 Å². The van der Waals surface area contributed by atoms with Gasteiger partial charge < -0.3 is 10.2 Å². The smallest absolute Gasteiger partial charge is 0.350 e. The second-order valence-electron chi connectivity index (χ2n) is 7.66. The van der Waals surface area contributed by atoms with Gasteiger partial charge in [-0.15, -0.1) is 0 Å². The van der Waals surface area contributed by atoms with E-state index in [1.807, 2.05) is 27.7 Å². The van der Waals surface area contributed by atoms with Crippen molar-refractivity contribution in [1.82, 2.24) is 9.97 Å². The van der Waals surface area contributed by atoms with Crippen molar-refractivity contribution < 1.29 is 18.1 Å². The van der Waals surface area contributed by atoms with E-state index < -0.39 is 27.4 Å². The van der Waals surface area contributed by atoms with Crippen LogP contribution in [-0.4, -0.2) is 28.0 Å². The first-order chi connectivity index (χ1) is 13.9. The first-order valence-electron chi connectivity index (χ1n) is 9.28. The number of rotatable bonds is 8. The Kier molecular flexibility index (Phi) is 7.46. The van der Waals surface area contributed by atoms with Crippen LogP contribution in [0.2, 0.25) is 5.02 Å². The Bertz CT molecular complexity index is 896. The number of halogens is 4. The van der Waals surface area contributed by atoms with Gasteiger partial charge in [-0.2, -0.15) is 13.2 Å². The van der Waals surface area contributed by atoms with Crippen LogP contribution in [0.4, 0.5) is 36.2 Å². The number of aromatic nitrogens is 2. The van der Waals surface area contributed by atoms with Crippen LogP contribution in [-0.2, 0) is 6.18 Å². The highest BCUT2D eigenvalue weighted by Crippen LogP contribution is 2.38. The molecule has 2 aromatic rings. The molecule has 0 radical (unpaired) electrons. The molecule has 1 aromatic heterocycles. The van der Waals surface area contributed by atoms with Crippen LogP contribution in [0.3, 0.4) is 0 Å². The minimum atomic E-state index is -4.66. The zero-order valence-corrected chi connectivity index (χ0v) is 17.8. The SMILES string of the molecule is CC(C)CN(CC(C)C)c1ncnc(Nc2ccc(Cl)c(C(F)(F)F)c2)c1[N+](=O)[O-]. The third kappa shape index (κ3) is 5.94. The van der Waals surface area contributed by atoms with Gasteiger partial charge in [0.2, 0.25) is 11.6 Å². The fourth-order valence-electron chi connectivity index (χ4n) is 2.95. The van der Waals surface area contributed by atoms with Crippen molar-refractivity contribution >= 4 is 34.6 Å². The van der Waals surface area contributed by atoms with Gasteiger partial charge in [0.1, 0.15) is 6.33 Å². The van der Waals surface area contributed by atoms with E-state index in [1.54, 1.807) is 4.90 Å². The maximum atomic E-state index is 13.1. The molecule has 0 amide bonds. The van der Waals surface area contributed by atoms with Crippen LogP contribution in [0.15, 0.2) is 24.5 Å². The standard InChI is InChI=1S/C19H23ClF3N5O2/c1-11(2)8-27(9-12(3)4)18-16(28(29)30)17(24-10-25-18)26-13-5-6-15(20)14(7-13)19(21,22)23/h5-7,10-12H,8-9H2,1-4H3,(H,24,25,26). The molecule has 7 nitrogen and oxygen atoms in total. The van der Waals surface area contributed by atoms with E-state index >= 15 is 0 Å². The summed E-state index contributed by atoms with van der Waals surface area (Å²) in [7, 11) is 0. The summed E-state index contributed by atoms with van der Waals surface area (Å²) in [5, 5.41) is 14.0. The van der Waals surface area contributed by atoms with Gasteiger partial charge >= 0.3 is 11.9 Å². The van der Waals surface area contributed by atoms with Gasteiger partial charge in [0.15, 0.2) is 0 Å². The molecule has 0 bridgehead atoms. The van der Waals surface area contributed by atoms with Crippen molar-refractivity contribution in [2.45, 2.75) is 33.9 Å². The number of nitrogens with zero attached hydrogens (tertiary/aromatic N) is 4. The summed E-state index contributed by atoms with van der Waals surface area (Å²) < 4.78 is 39.4. The minimum Gasteiger partial charge on any atom is -0.350 e. The average Bonchev–Trinajstić information content (AvgIpc) is 2.60. The topological polar surface area (TPSA) is 84.2 Å². The third-order valence-corrected chi connectivity index (χ3v) is 4.32. The molecule has 0 spiro atoms. The van der Waals surface area contributed by atoms with Crippen LogP contribution >= 0.6 is 11.6 Å². The number of nitro groups is 1. The highest BCUT2D eigenvalue weighted by atomic mass is 35.5. The molecule has 0 saturated heterocycles. The van der Waals surface area contributed by atoms with Crippen LogP contribution in [0.1, 0.15) is 33.3 Å². The summed E-state index contributed by atoms with van der Waals surface area (Å²) in [5.41, 5.74) is -1.48. The summed E-state index contributed by atoms with van der Waals surface area (Å²) in [6, 6.07) is 3.15. The summed E-state index contributed by atoms with van der Waals surface area (Å²) in [6.45, 7) is 8.96. The molecular weight excluding hydrogens is 423 g/mol. The molecule has 0 saturated carbocycles. The molecule has 1 N–H and O–H groups in total. The highest BCUT2D eigenvalue weighted by Gasteiger charge is 2.34. The van der Waals surface area contributed by atoms with Crippen molar-refractivity contribution in [1.29, 1.82) is 0 Å². The van der Waals surface area contributed by atoms with Crippen LogP contribution < -0.4 is 10.2 Å². The van der Waals surface area contributed by atoms with E-state index in [1.165, 1.54) is 6.07 Å². The van der Waals surface area contributed by atoms with Gasteiger partial charge in [-0.05, 0) is 30.0 Å². The number of benzene rings is 1. The molecule has 1 aromatic carbocycles. The predicted molar refractivity (Wildman–Crippen MR) is 110 cm³/mol. The molecule has 2 rings (SSSR count). The monoisotopic (exact) mass is 445 g/mol. The lowest BCUT2D eigenvalue weighted by Gasteiger charge is -2.27. The lowest BCUT2D eigenvalue weighted by atomic mass is 10.1. The molecule has 30 heavy (non-hydrogen) atoms. The number of alkyl halides is 3. The Balaban J connectivity index is 2.52. The Hall–Kier alpha value is -2.62.